The third kappa shape index (κ3) is 2.56. The lowest BCUT2D eigenvalue weighted by Gasteiger charge is -1.96. The monoisotopic (exact) mass is 257 g/mol. The molecule has 0 spiro atoms. The number of hydrogen-bond acceptors (Lipinski definition) is 2. The zero-order valence-electron chi connectivity index (χ0n) is 7.16. The largest absolute Gasteiger partial charge is 0.483 e. The van der Waals surface area contributed by atoms with E-state index in [4.69, 9.17) is 9.90 Å². The maximum atomic E-state index is 10.9. The number of anilines is 1. The van der Waals surface area contributed by atoms with Gasteiger partial charge in [0.2, 0.25) is 5.91 Å². The third-order valence-corrected chi connectivity index (χ3v) is 2.19. The smallest absolute Gasteiger partial charge is 0.290 e. The number of carbonyl (C=O) groups is 2. The second kappa shape index (κ2) is 4.76. The van der Waals surface area contributed by atoms with Gasteiger partial charge in [0.1, 0.15) is 0 Å². The van der Waals surface area contributed by atoms with Crippen LogP contribution in [0.3, 0.4) is 0 Å². The summed E-state index contributed by atoms with van der Waals surface area (Å²) in [5.74, 6) is 0.0816. The van der Waals surface area contributed by atoms with Crippen molar-refractivity contribution in [3.05, 3.63) is 28.2 Å². The SMILES string of the molecule is O=C1Cc2cc(Br)ccc2N1.O=CO. The number of benzene rings is 1. The van der Waals surface area contributed by atoms with Crippen LogP contribution in [0.4, 0.5) is 5.69 Å². The van der Waals surface area contributed by atoms with Crippen LogP contribution in [0, 0.1) is 0 Å². The second-order valence-electron chi connectivity index (χ2n) is 2.63. The lowest BCUT2D eigenvalue weighted by molar-refractivity contribution is -0.123. The highest BCUT2D eigenvalue weighted by molar-refractivity contribution is 9.10. The first-order valence-corrected chi connectivity index (χ1v) is 4.63. The molecule has 0 radical (unpaired) electrons. The first-order chi connectivity index (χ1) is 6.67. The molecule has 0 bridgehead atoms. The molecule has 1 amide bonds. The van der Waals surface area contributed by atoms with E-state index in [0.29, 0.717) is 6.42 Å². The van der Waals surface area contributed by atoms with Crippen LogP contribution in [0.1, 0.15) is 5.56 Å². The van der Waals surface area contributed by atoms with E-state index in [9.17, 15) is 4.79 Å². The Labute approximate surface area is 89.1 Å². The Morgan fingerprint density at radius 2 is 2.14 bits per heavy atom. The fourth-order valence-corrected chi connectivity index (χ4v) is 1.61. The summed E-state index contributed by atoms with van der Waals surface area (Å²) >= 11 is 3.35. The van der Waals surface area contributed by atoms with Crippen LogP contribution in [0.5, 0.6) is 0 Å². The summed E-state index contributed by atoms with van der Waals surface area (Å²) in [7, 11) is 0. The first-order valence-electron chi connectivity index (χ1n) is 3.83. The van der Waals surface area contributed by atoms with E-state index < -0.39 is 0 Å². The summed E-state index contributed by atoms with van der Waals surface area (Å²) in [6.45, 7) is -0.250. The second-order valence-corrected chi connectivity index (χ2v) is 3.55. The van der Waals surface area contributed by atoms with Crippen molar-refractivity contribution in [2.75, 3.05) is 5.32 Å². The molecule has 4 nitrogen and oxygen atoms in total. The van der Waals surface area contributed by atoms with Crippen molar-refractivity contribution in [2.24, 2.45) is 0 Å². The molecule has 0 atom stereocenters. The summed E-state index contributed by atoms with van der Waals surface area (Å²) in [6, 6.07) is 5.79. The summed E-state index contributed by atoms with van der Waals surface area (Å²) in [5.41, 5.74) is 2.02. The minimum Gasteiger partial charge on any atom is -0.483 e. The van der Waals surface area contributed by atoms with Gasteiger partial charge in [-0.05, 0) is 23.8 Å². The average Bonchev–Trinajstić information content (AvgIpc) is 2.45. The van der Waals surface area contributed by atoms with E-state index in [1.165, 1.54) is 0 Å². The summed E-state index contributed by atoms with van der Waals surface area (Å²) < 4.78 is 1.02. The molecule has 2 rings (SSSR count). The van der Waals surface area contributed by atoms with Crippen LogP contribution in [0.25, 0.3) is 0 Å². The van der Waals surface area contributed by atoms with Crippen molar-refractivity contribution in [2.45, 2.75) is 6.42 Å². The molecular weight excluding hydrogens is 250 g/mol. The van der Waals surface area contributed by atoms with E-state index in [1.807, 2.05) is 18.2 Å². The fraction of sp³-hybridized carbons (Fsp3) is 0.111. The summed E-state index contributed by atoms with van der Waals surface area (Å²) in [5, 5.41) is 9.65. The van der Waals surface area contributed by atoms with E-state index in [2.05, 4.69) is 21.2 Å². The van der Waals surface area contributed by atoms with Gasteiger partial charge >= 0.3 is 0 Å². The number of carbonyl (C=O) groups excluding carboxylic acids is 1. The molecule has 74 valence electrons. The van der Waals surface area contributed by atoms with Gasteiger partial charge in [0.25, 0.3) is 6.47 Å². The highest BCUT2D eigenvalue weighted by Crippen LogP contribution is 2.25. The van der Waals surface area contributed by atoms with E-state index in [1.54, 1.807) is 0 Å². The van der Waals surface area contributed by atoms with Crippen LogP contribution in [-0.2, 0) is 16.0 Å². The highest BCUT2D eigenvalue weighted by atomic mass is 79.9. The molecule has 0 aromatic heterocycles. The molecule has 0 saturated heterocycles. The predicted molar refractivity (Wildman–Crippen MR) is 55.2 cm³/mol. The Bertz CT molecular complexity index is 365. The highest BCUT2D eigenvalue weighted by Gasteiger charge is 2.16. The van der Waals surface area contributed by atoms with Crippen LogP contribution < -0.4 is 5.32 Å². The van der Waals surface area contributed by atoms with E-state index >= 15 is 0 Å². The number of fused-ring (bicyclic) bond motifs is 1. The number of rotatable bonds is 0. The molecule has 1 heterocycles. The molecule has 0 aliphatic carbocycles. The average molecular weight is 258 g/mol. The predicted octanol–water partition coefficient (Wildman–Crippen LogP) is 1.64. The first kappa shape index (κ1) is 10.7. The molecule has 14 heavy (non-hydrogen) atoms. The number of amides is 1. The lowest BCUT2D eigenvalue weighted by atomic mass is 10.2. The topological polar surface area (TPSA) is 66.4 Å². The van der Waals surface area contributed by atoms with Gasteiger partial charge in [0.05, 0.1) is 6.42 Å². The van der Waals surface area contributed by atoms with Crippen molar-refractivity contribution >= 4 is 34.0 Å². The normalized spacial score (nSPS) is 12.2. The Kier molecular flexibility index (Phi) is 3.64. The fourth-order valence-electron chi connectivity index (χ4n) is 1.20. The maximum absolute atomic E-state index is 10.9. The van der Waals surface area contributed by atoms with E-state index in [0.717, 1.165) is 15.7 Å². The van der Waals surface area contributed by atoms with Crippen LogP contribution in [0.2, 0.25) is 0 Å². The number of halogens is 1. The van der Waals surface area contributed by atoms with Crippen LogP contribution >= 0.6 is 15.9 Å². The van der Waals surface area contributed by atoms with Gasteiger partial charge in [-0.2, -0.15) is 0 Å². The molecule has 1 aromatic rings. The molecule has 1 aliphatic rings. The quantitative estimate of drug-likeness (QED) is 0.695. The van der Waals surface area contributed by atoms with Gasteiger partial charge in [-0.15, -0.1) is 0 Å². The van der Waals surface area contributed by atoms with Crippen LogP contribution in [0.15, 0.2) is 22.7 Å². The van der Waals surface area contributed by atoms with Crippen molar-refractivity contribution in [3.8, 4) is 0 Å². The summed E-state index contributed by atoms with van der Waals surface area (Å²) in [4.78, 5) is 19.2. The minimum atomic E-state index is -0.250. The molecule has 5 heteroatoms. The van der Waals surface area contributed by atoms with E-state index in [-0.39, 0.29) is 12.4 Å². The van der Waals surface area contributed by atoms with Gasteiger partial charge in [-0.25, -0.2) is 0 Å². The van der Waals surface area contributed by atoms with Gasteiger partial charge in [-0.1, -0.05) is 15.9 Å². The standard InChI is InChI=1S/C8H6BrNO.CH2O2/c9-6-1-2-7-5(3-6)4-8(11)10-7;2-1-3/h1-3H,4H2,(H,10,11);1H,(H,2,3). The zero-order chi connectivity index (χ0) is 10.6. The van der Waals surface area contributed by atoms with Crippen molar-refractivity contribution in [3.63, 3.8) is 0 Å². The van der Waals surface area contributed by atoms with Gasteiger partial charge in [0, 0.05) is 10.2 Å². The Hall–Kier alpha value is -1.36. The Morgan fingerprint density at radius 1 is 1.50 bits per heavy atom. The molecule has 2 N–H and O–H groups in total. The van der Waals surface area contributed by atoms with Crippen molar-refractivity contribution in [1.29, 1.82) is 0 Å². The maximum Gasteiger partial charge on any atom is 0.290 e. The van der Waals surface area contributed by atoms with Gasteiger partial charge < -0.3 is 10.4 Å². The number of hydrogen-bond donors (Lipinski definition) is 2. The molecule has 1 aromatic carbocycles. The van der Waals surface area contributed by atoms with Gasteiger partial charge in [0.15, 0.2) is 0 Å². The summed E-state index contributed by atoms with van der Waals surface area (Å²) in [6.07, 6.45) is 0.509. The Morgan fingerprint density at radius 3 is 2.79 bits per heavy atom. The lowest BCUT2D eigenvalue weighted by Crippen LogP contribution is -2.03. The van der Waals surface area contributed by atoms with Gasteiger partial charge in [-0.3, -0.25) is 9.59 Å². The minimum absolute atomic E-state index is 0.0816. The van der Waals surface area contributed by atoms with Crippen LogP contribution in [-0.4, -0.2) is 17.5 Å². The molecule has 0 unspecified atom stereocenters. The van der Waals surface area contributed by atoms with Crippen molar-refractivity contribution in [1.82, 2.24) is 0 Å². The van der Waals surface area contributed by atoms with Crippen molar-refractivity contribution < 1.29 is 14.7 Å². The molecule has 1 aliphatic heterocycles. The molecule has 0 saturated carbocycles. The zero-order valence-corrected chi connectivity index (χ0v) is 8.74. The number of carboxylic acid groups (broad SMARTS) is 1. The molecular formula is C9H8BrNO3. The number of nitrogens with one attached hydrogen (secondary N) is 1. The third-order valence-electron chi connectivity index (χ3n) is 1.69. The Balaban J connectivity index is 0.000000293. The molecule has 0 fully saturated rings.